The fourth-order valence-corrected chi connectivity index (χ4v) is 11.4. The van der Waals surface area contributed by atoms with Gasteiger partial charge in [0.25, 0.3) is 0 Å². The Morgan fingerprint density at radius 3 is 2.01 bits per heavy atom. The first-order valence-corrected chi connectivity index (χ1v) is 30.3. The summed E-state index contributed by atoms with van der Waals surface area (Å²) in [6, 6.07) is 1.50. The van der Waals surface area contributed by atoms with Crippen molar-refractivity contribution in [3.05, 3.63) is 36.0 Å². The molecule has 8 N–H and O–H groups in total. The van der Waals surface area contributed by atoms with Crippen molar-refractivity contribution < 1.29 is 47.8 Å². The van der Waals surface area contributed by atoms with E-state index < -0.39 is 112 Å². The Labute approximate surface area is 501 Å². The van der Waals surface area contributed by atoms with Crippen molar-refractivity contribution in [2.75, 3.05) is 13.7 Å². The van der Waals surface area contributed by atoms with Gasteiger partial charge in [0.1, 0.15) is 57.5 Å². The molecule has 23 heteroatoms. The van der Waals surface area contributed by atoms with Gasteiger partial charge in [-0.25, -0.2) is 9.59 Å². The van der Waals surface area contributed by atoms with E-state index in [1.54, 1.807) is 61.6 Å². The summed E-state index contributed by atoms with van der Waals surface area (Å²) >= 11 is 7.22. The van der Waals surface area contributed by atoms with Gasteiger partial charge in [-0.05, 0) is 124 Å². The molecule has 2 aliphatic rings. The maximum atomic E-state index is 14.6. The number of benzene rings is 1. The Bertz CT molecular complexity index is 2750. The third-order valence-electron chi connectivity index (χ3n) is 15.0. The van der Waals surface area contributed by atoms with Crippen molar-refractivity contribution in [1.82, 2.24) is 47.1 Å². The Morgan fingerprint density at radius 2 is 1.42 bits per heavy atom. The number of aromatic amines is 1. The number of fused-ring (bicyclic) bond motifs is 1. The third-order valence-corrected chi connectivity index (χ3v) is 16.8. The van der Waals surface area contributed by atoms with E-state index in [1.807, 2.05) is 93.5 Å². The van der Waals surface area contributed by atoms with Crippen LogP contribution in [-0.4, -0.2) is 151 Å². The summed E-state index contributed by atoms with van der Waals surface area (Å²) in [5, 5.41) is 22.7. The van der Waals surface area contributed by atoms with Crippen molar-refractivity contribution >= 4 is 97.5 Å². The molecule has 2 aromatic rings. The number of alkyl carbamates (subject to hydrolysis) is 1. The van der Waals surface area contributed by atoms with Gasteiger partial charge >= 0.3 is 12.1 Å². The number of carbonyl (C=O) groups excluding carboxylic acids is 8. The Balaban J connectivity index is 1.48. The quantitative estimate of drug-likeness (QED) is 0.0356. The van der Waals surface area contributed by atoms with Crippen LogP contribution < -0.4 is 37.2 Å². The fourth-order valence-electron chi connectivity index (χ4n) is 9.69. The second kappa shape index (κ2) is 29.1. The van der Waals surface area contributed by atoms with Gasteiger partial charge in [0, 0.05) is 30.1 Å². The van der Waals surface area contributed by atoms with E-state index in [2.05, 4.69) is 42.2 Å². The molecule has 1 saturated heterocycles. The fraction of sp³-hybridized carbons (Fsp3) is 0.683. The predicted molar refractivity (Wildman–Crippen MR) is 331 cm³/mol. The minimum Gasteiger partial charge on any atom is -0.467 e. The number of para-hydroxylation sites is 1. The summed E-state index contributed by atoms with van der Waals surface area (Å²) < 4.78 is 10.5. The van der Waals surface area contributed by atoms with Crippen molar-refractivity contribution in [3.63, 3.8) is 0 Å². The number of nitrogens with one attached hydrogen (secondary N) is 8. The number of aromatic nitrogens is 1. The van der Waals surface area contributed by atoms with Crippen LogP contribution >= 0.6 is 24.0 Å². The molecule has 0 unspecified atom stereocenters. The Hall–Kier alpha value is -6.10. The van der Waals surface area contributed by atoms with Gasteiger partial charge < -0.3 is 56.6 Å². The van der Waals surface area contributed by atoms with E-state index in [0.717, 1.165) is 16.5 Å². The number of ether oxygens (including phenoxy) is 2. The molecule has 0 spiro atoms. The highest BCUT2D eigenvalue weighted by Gasteiger charge is 2.44. The van der Waals surface area contributed by atoms with Crippen molar-refractivity contribution in [2.24, 2.45) is 33.7 Å². The molecule has 7 amide bonds. The number of carbonyl (C=O) groups is 8. The van der Waals surface area contributed by atoms with Crippen LogP contribution in [0.1, 0.15) is 162 Å². The first kappa shape index (κ1) is 69.4. The number of rotatable bonds is 26. The van der Waals surface area contributed by atoms with Crippen molar-refractivity contribution in [3.8, 4) is 0 Å². The van der Waals surface area contributed by atoms with Gasteiger partial charge in [-0.15, -0.1) is 0 Å². The lowest BCUT2D eigenvalue weighted by Crippen LogP contribution is -2.64. The normalized spacial score (nSPS) is 18.9. The number of hydrogen-bond acceptors (Lipinski definition) is 14. The van der Waals surface area contributed by atoms with Crippen LogP contribution in [0.4, 0.5) is 4.79 Å². The number of amides is 7. The largest absolute Gasteiger partial charge is 0.467 e. The molecule has 3 heterocycles. The van der Waals surface area contributed by atoms with E-state index in [-0.39, 0.29) is 41.5 Å². The Kier molecular flexibility index (Phi) is 24.4. The third kappa shape index (κ3) is 18.9. The number of esters is 1. The molecule has 1 aromatic carbocycles. The topological polar surface area (TPSA) is 283 Å². The lowest BCUT2D eigenvalue weighted by Gasteiger charge is -2.35. The van der Waals surface area contributed by atoms with Gasteiger partial charge in [-0.2, -0.15) is 0 Å². The standard InChI is InChI=1S/C60H95N11O10S2/c1-20-34(7)44(66-46(72)41(64-56(79)81-57(10,11)12)30-37-31-61-39-26-23-22-25-38(37)39)48(74)62-36(9)51-70-59(15,16)54(83-51)67-45(35(8)21-2)49(75)65-43(33(5)6)50(82)69-58(13,14)53(77)63-40(29-32(3)4)47(73)68-60(17,18)55(78)71-28-24-27-42(71)52(76)80-19/h22-23,25-26,31-36,40-45,61H,20-21,24,27-30H2,1-19H3,(H,62,74)(H,63,77)(H,64,79)(H,65,75)(H,66,72)(H,68,73)(H,69,82)/t34-,35-,36+,40-,41-,42-,43-,44-,45-/m0/s1. The first-order valence-electron chi connectivity index (χ1n) is 29.1. The van der Waals surface area contributed by atoms with E-state index >= 15 is 0 Å². The highest BCUT2D eigenvalue weighted by molar-refractivity contribution is 8.27. The molecule has 4 rings (SSSR count). The summed E-state index contributed by atoms with van der Waals surface area (Å²) in [7, 11) is 1.27. The number of nitrogens with zero attached hydrogens (tertiary/aromatic N) is 3. The molecule has 1 aromatic heterocycles. The highest BCUT2D eigenvalue weighted by Crippen LogP contribution is 2.34. The summed E-state index contributed by atoms with van der Waals surface area (Å²) in [6.07, 6.45) is 3.62. The molecular formula is C60H95N11O10S2. The van der Waals surface area contributed by atoms with E-state index in [4.69, 9.17) is 31.7 Å². The molecule has 0 bridgehead atoms. The molecule has 0 saturated carbocycles. The number of hydrogen-bond donors (Lipinski definition) is 8. The van der Waals surface area contributed by atoms with Crippen LogP contribution in [0, 0.1) is 23.7 Å². The summed E-state index contributed by atoms with van der Waals surface area (Å²) in [6.45, 7) is 32.8. The van der Waals surface area contributed by atoms with Crippen molar-refractivity contribution in [1.29, 1.82) is 0 Å². The number of thioether (sulfide) groups is 1. The van der Waals surface area contributed by atoms with Crippen LogP contribution in [0.25, 0.3) is 10.9 Å². The zero-order chi connectivity index (χ0) is 62.7. The molecule has 2 aliphatic heterocycles. The van der Waals surface area contributed by atoms with E-state index in [1.165, 1.54) is 23.8 Å². The minimum absolute atomic E-state index is 0.0315. The Morgan fingerprint density at radius 1 is 0.795 bits per heavy atom. The summed E-state index contributed by atoms with van der Waals surface area (Å²) in [4.78, 5) is 126. The maximum Gasteiger partial charge on any atom is 0.408 e. The van der Waals surface area contributed by atoms with Gasteiger partial charge in [0.2, 0.25) is 35.4 Å². The van der Waals surface area contributed by atoms with Crippen molar-refractivity contribution in [2.45, 2.75) is 228 Å². The second-order valence-electron chi connectivity index (χ2n) is 25.5. The van der Waals surface area contributed by atoms with Crippen LogP contribution in [0.15, 0.2) is 40.4 Å². The second-order valence-corrected chi connectivity index (χ2v) is 27.0. The first-order chi connectivity index (χ1) is 38.5. The number of H-pyrrole nitrogens is 1. The average molecular weight is 1190 g/mol. The molecule has 462 valence electrons. The average Bonchev–Trinajstić information content (AvgIpc) is 4.38. The zero-order valence-corrected chi connectivity index (χ0v) is 54.1. The van der Waals surface area contributed by atoms with E-state index in [0.29, 0.717) is 42.3 Å². The molecule has 0 radical (unpaired) electrons. The molecule has 9 atom stereocenters. The highest BCUT2D eigenvalue weighted by atomic mass is 32.2. The summed E-state index contributed by atoms with van der Waals surface area (Å²) in [5.74, 6) is -4.31. The SMILES string of the molecule is CC[C@H](C)[C@H](N=C1SC([C@@H](C)NC(=O)[C@@H](NC(=O)[C@H](Cc2c[nH]c3ccccc23)NC(=O)OC(C)(C)C)[C@@H](C)CC)=NC1(C)C)C(=O)N[C@H](C(=S)NC(C)(C)C(=O)N[C@@H](CC(C)C)C(=O)NC(C)(C)C(=O)N1CCC[C@H]1C(=O)OC)C(C)C. The summed E-state index contributed by atoms with van der Waals surface area (Å²) in [5.41, 5.74) is -2.85. The number of methoxy groups -OCH3 is 1. The van der Waals surface area contributed by atoms with Crippen LogP contribution in [0.2, 0.25) is 0 Å². The number of likely N-dealkylation sites (tertiary alicyclic amines) is 1. The molecule has 83 heavy (non-hydrogen) atoms. The minimum atomic E-state index is -1.42. The van der Waals surface area contributed by atoms with Gasteiger partial charge in [-0.3, -0.25) is 38.8 Å². The maximum absolute atomic E-state index is 14.6. The van der Waals surface area contributed by atoms with Gasteiger partial charge in [0.05, 0.1) is 29.2 Å². The number of thiocarbonyl (C=S) groups is 1. The van der Waals surface area contributed by atoms with Crippen LogP contribution in [0.3, 0.4) is 0 Å². The predicted octanol–water partition coefficient (Wildman–Crippen LogP) is 6.80. The van der Waals surface area contributed by atoms with E-state index in [9.17, 15) is 38.4 Å². The monoisotopic (exact) mass is 1190 g/mol. The van der Waals surface area contributed by atoms with Gasteiger partial charge in [-0.1, -0.05) is 110 Å². The van der Waals surface area contributed by atoms with Gasteiger partial charge in [0.15, 0.2) is 0 Å². The van der Waals surface area contributed by atoms with Crippen LogP contribution in [0.5, 0.6) is 0 Å². The smallest absolute Gasteiger partial charge is 0.408 e. The van der Waals surface area contributed by atoms with Crippen LogP contribution in [-0.2, 0) is 49.5 Å². The molecule has 0 aliphatic carbocycles. The number of aliphatic imine (C=N–C) groups is 2. The molecular weight excluding hydrogens is 1100 g/mol. The molecule has 1 fully saturated rings. The lowest BCUT2D eigenvalue weighted by atomic mass is 9.95. The zero-order valence-electron chi connectivity index (χ0n) is 52.4. The lowest BCUT2D eigenvalue weighted by molar-refractivity contribution is -0.153. The molecule has 21 nitrogen and oxygen atoms in total.